The Morgan fingerprint density at radius 2 is 1.68 bits per heavy atom. The Balaban J connectivity index is 1.36. The average molecular weight is 675 g/mol. The highest BCUT2D eigenvalue weighted by molar-refractivity contribution is 7.89. The van der Waals surface area contributed by atoms with E-state index in [0.29, 0.717) is 49.1 Å². The fourth-order valence-electron chi connectivity index (χ4n) is 5.70. The summed E-state index contributed by atoms with van der Waals surface area (Å²) in [5.41, 5.74) is 1.10. The van der Waals surface area contributed by atoms with Crippen molar-refractivity contribution in [3.8, 4) is 5.75 Å². The van der Waals surface area contributed by atoms with Crippen molar-refractivity contribution in [1.29, 1.82) is 0 Å². The highest BCUT2D eigenvalue weighted by Crippen LogP contribution is 2.33. The average Bonchev–Trinajstić information content (AvgIpc) is 3.08. The van der Waals surface area contributed by atoms with Crippen molar-refractivity contribution >= 4 is 33.2 Å². The van der Waals surface area contributed by atoms with Crippen molar-refractivity contribution in [1.82, 2.24) is 9.62 Å². The van der Waals surface area contributed by atoms with Crippen LogP contribution in [0.2, 0.25) is 0 Å². The van der Waals surface area contributed by atoms with Gasteiger partial charge in [-0.3, -0.25) is 9.59 Å². The summed E-state index contributed by atoms with van der Waals surface area (Å²) in [6.45, 7) is 2.71. The number of piperidine rings is 1. The molecule has 2 aliphatic heterocycles. The number of carbonyl (C=O) groups excluding carboxylic acids is 2. The van der Waals surface area contributed by atoms with E-state index in [0.717, 1.165) is 41.3 Å². The number of sulfonamides is 1. The monoisotopic (exact) mass is 674 g/mol. The molecular formula is C33H37F3N4O6S. The van der Waals surface area contributed by atoms with Gasteiger partial charge in [-0.2, -0.15) is 17.5 Å². The molecule has 2 atom stereocenters. The van der Waals surface area contributed by atoms with E-state index in [2.05, 4.69) is 15.5 Å². The standard InChI is InChI=1S/C33H37F3N4O6S/c1-45-27-14-8-23(9-15-27)21-29(31(41)37-25-10-12-26(13-11-25)39-17-19-46-20-18-39)38-32(42)30-7-2-3-16-40(30)47(43,44)28-6-4-5-24(22-28)33(34,35)36/h4-6,8-15,22,29-30H,2-3,7,16-21H2,1H3,(H,37,41)(H,38,42)/t29-,30-/m0/s1. The van der Waals surface area contributed by atoms with E-state index in [-0.39, 0.29) is 19.4 Å². The van der Waals surface area contributed by atoms with Gasteiger partial charge in [-0.05, 0) is 73.0 Å². The summed E-state index contributed by atoms with van der Waals surface area (Å²) in [6, 6.07) is 15.4. The van der Waals surface area contributed by atoms with Crippen LogP contribution >= 0.6 is 0 Å². The fourth-order valence-corrected chi connectivity index (χ4v) is 7.41. The molecule has 0 aliphatic carbocycles. The van der Waals surface area contributed by atoms with Gasteiger partial charge in [-0.1, -0.05) is 24.6 Å². The number of alkyl halides is 3. The first kappa shape index (κ1) is 34.2. The van der Waals surface area contributed by atoms with E-state index in [1.54, 1.807) is 36.4 Å². The minimum Gasteiger partial charge on any atom is -0.497 e. The van der Waals surface area contributed by atoms with Crippen molar-refractivity contribution in [2.75, 3.05) is 50.2 Å². The summed E-state index contributed by atoms with van der Waals surface area (Å²) in [5, 5.41) is 5.60. The molecule has 2 aliphatic rings. The number of methoxy groups -OCH3 is 1. The Labute approximate surface area is 271 Å². The Hall–Kier alpha value is -4.14. The Bertz CT molecular complexity index is 1650. The van der Waals surface area contributed by atoms with Crippen LogP contribution in [0.25, 0.3) is 0 Å². The van der Waals surface area contributed by atoms with E-state index in [4.69, 9.17) is 9.47 Å². The van der Waals surface area contributed by atoms with Crippen molar-refractivity contribution in [2.45, 2.75) is 48.8 Å². The Kier molecular flexibility index (Phi) is 10.7. The Morgan fingerprint density at radius 1 is 0.979 bits per heavy atom. The summed E-state index contributed by atoms with van der Waals surface area (Å²) in [6.07, 6.45) is -3.56. The van der Waals surface area contributed by atoms with Gasteiger partial charge in [0.1, 0.15) is 17.8 Å². The van der Waals surface area contributed by atoms with Crippen LogP contribution in [0.1, 0.15) is 30.4 Å². The Morgan fingerprint density at radius 3 is 2.34 bits per heavy atom. The first-order valence-electron chi connectivity index (χ1n) is 15.3. The van der Waals surface area contributed by atoms with Gasteiger partial charge < -0.3 is 25.0 Å². The maximum absolute atomic E-state index is 13.8. The zero-order valence-corrected chi connectivity index (χ0v) is 26.6. The largest absolute Gasteiger partial charge is 0.497 e. The number of hydrogen-bond acceptors (Lipinski definition) is 7. The molecule has 47 heavy (non-hydrogen) atoms. The number of rotatable bonds is 10. The number of morpholine rings is 1. The summed E-state index contributed by atoms with van der Waals surface area (Å²) in [7, 11) is -2.95. The van der Waals surface area contributed by atoms with Gasteiger partial charge in [0.05, 0.1) is 30.8 Å². The van der Waals surface area contributed by atoms with E-state index < -0.39 is 50.6 Å². The number of amides is 2. The zero-order valence-electron chi connectivity index (χ0n) is 25.8. The molecule has 2 fully saturated rings. The summed E-state index contributed by atoms with van der Waals surface area (Å²) >= 11 is 0. The van der Waals surface area contributed by atoms with Crippen LogP contribution in [0.3, 0.4) is 0 Å². The lowest BCUT2D eigenvalue weighted by Crippen LogP contribution is -2.56. The minimum atomic E-state index is -4.74. The second kappa shape index (κ2) is 14.7. The van der Waals surface area contributed by atoms with E-state index in [1.807, 2.05) is 12.1 Å². The SMILES string of the molecule is COc1ccc(C[C@H](NC(=O)[C@@H]2CCCCN2S(=O)(=O)c2cccc(C(F)(F)F)c2)C(=O)Nc2ccc(N3CCOCC3)cc2)cc1. The zero-order chi connectivity index (χ0) is 33.6. The highest BCUT2D eigenvalue weighted by Gasteiger charge is 2.40. The van der Waals surface area contributed by atoms with Gasteiger partial charge in [-0.15, -0.1) is 0 Å². The molecule has 2 N–H and O–H groups in total. The van der Waals surface area contributed by atoms with Gasteiger partial charge in [0.2, 0.25) is 21.8 Å². The molecule has 0 saturated carbocycles. The van der Waals surface area contributed by atoms with Gasteiger partial charge in [0.25, 0.3) is 0 Å². The fraction of sp³-hybridized carbons (Fsp3) is 0.394. The van der Waals surface area contributed by atoms with Crippen LogP contribution in [0.4, 0.5) is 24.5 Å². The maximum Gasteiger partial charge on any atom is 0.416 e. The molecule has 252 valence electrons. The first-order valence-corrected chi connectivity index (χ1v) is 16.8. The van der Waals surface area contributed by atoms with Gasteiger partial charge in [-0.25, -0.2) is 8.42 Å². The molecule has 0 unspecified atom stereocenters. The summed E-state index contributed by atoms with van der Waals surface area (Å²) in [4.78, 5) is 29.1. The highest BCUT2D eigenvalue weighted by atomic mass is 32.2. The third kappa shape index (κ3) is 8.42. The van der Waals surface area contributed by atoms with E-state index in [9.17, 15) is 31.2 Å². The first-order chi connectivity index (χ1) is 22.5. The molecule has 2 amide bonds. The number of nitrogens with zero attached hydrogens (tertiary/aromatic N) is 2. The van der Waals surface area contributed by atoms with Gasteiger partial charge in [0.15, 0.2) is 0 Å². The third-order valence-corrected chi connectivity index (χ3v) is 10.2. The number of ether oxygens (including phenoxy) is 2. The topological polar surface area (TPSA) is 117 Å². The predicted octanol–water partition coefficient (Wildman–Crippen LogP) is 4.46. The summed E-state index contributed by atoms with van der Waals surface area (Å²) < 4.78 is 78.9. The second-order valence-electron chi connectivity index (χ2n) is 11.4. The third-order valence-electron chi connectivity index (χ3n) is 8.27. The number of halogens is 3. The van der Waals surface area contributed by atoms with Crippen LogP contribution in [0, 0.1) is 0 Å². The lowest BCUT2D eigenvalue weighted by atomic mass is 10.0. The number of benzene rings is 3. The quantitative estimate of drug-likeness (QED) is 0.326. The normalized spacial score (nSPS) is 18.3. The van der Waals surface area contributed by atoms with Gasteiger partial charge >= 0.3 is 6.18 Å². The molecule has 0 spiro atoms. The van der Waals surface area contributed by atoms with Crippen molar-refractivity contribution in [3.05, 3.63) is 83.9 Å². The molecule has 3 aromatic carbocycles. The van der Waals surface area contributed by atoms with Crippen LogP contribution in [-0.4, -0.2) is 76.6 Å². The lowest BCUT2D eigenvalue weighted by molar-refractivity contribution is -0.137. The second-order valence-corrected chi connectivity index (χ2v) is 13.3. The van der Waals surface area contributed by atoms with Crippen LogP contribution < -0.4 is 20.3 Å². The molecule has 14 heteroatoms. The molecule has 0 radical (unpaired) electrons. The van der Waals surface area contributed by atoms with Crippen molar-refractivity contribution in [3.63, 3.8) is 0 Å². The van der Waals surface area contributed by atoms with E-state index in [1.165, 1.54) is 7.11 Å². The molecule has 10 nitrogen and oxygen atoms in total. The lowest BCUT2D eigenvalue weighted by Gasteiger charge is -2.34. The van der Waals surface area contributed by atoms with E-state index >= 15 is 0 Å². The minimum absolute atomic E-state index is 0.0541. The predicted molar refractivity (Wildman–Crippen MR) is 170 cm³/mol. The van der Waals surface area contributed by atoms with Crippen LogP contribution in [0.15, 0.2) is 77.7 Å². The van der Waals surface area contributed by atoms with Crippen molar-refractivity contribution in [2.24, 2.45) is 0 Å². The molecule has 5 rings (SSSR count). The molecule has 0 aromatic heterocycles. The number of carbonyl (C=O) groups is 2. The van der Waals surface area contributed by atoms with Gasteiger partial charge in [0, 0.05) is 37.4 Å². The number of nitrogens with one attached hydrogen (secondary N) is 2. The molecule has 0 bridgehead atoms. The van der Waals surface area contributed by atoms with Crippen LogP contribution in [0.5, 0.6) is 5.75 Å². The number of hydrogen-bond donors (Lipinski definition) is 2. The molecule has 3 aromatic rings. The smallest absolute Gasteiger partial charge is 0.416 e. The van der Waals surface area contributed by atoms with Crippen LogP contribution in [-0.2, 0) is 36.9 Å². The molecular weight excluding hydrogens is 637 g/mol. The molecule has 2 heterocycles. The summed E-state index contributed by atoms with van der Waals surface area (Å²) in [5.74, 6) is -0.621. The number of anilines is 2. The van der Waals surface area contributed by atoms with Crippen molar-refractivity contribution < 1.29 is 40.7 Å². The maximum atomic E-state index is 13.8. The molecule has 2 saturated heterocycles.